The average molecular weight is 895 g/mol. The first-order valence-corrected chi connectivity index (χ1v) is 23.8. The third-order valence-corrected chi connectivity index (χ3v) is 12.8. The highest BCUT2D eigenvalue weighted by molar-refractivity contribution is 7.98. The molecule has 6 heterocycles. The lowest BCUT2D eigenvalue weighted by molar-refractivity contribution is 0.0850. The molecule has 2 saturated heterocycles. The number of thioether (sulfide) groups is 2. The molecule has 7 aromatic rings. The number of amides is 2. The summed E-state index contributed by atoms with van der Waals surface area (Å²) >= 11 is 3.20. The lowest BCUT2D eigenvalue weighted by Gasteiger charge is -2.32. The first kappa shape index (κ1) is 44.2. The van der Waals surface area contributed by atoms with Crippen LogP contribution in [-0.4, -0.2) is 96.2 Å². The SMILES string of the molecule is CSc1cc(C2CCCN(C(=O)OCc3ccccc3)C2)nc2c(/C=C/c3ccccc3)cnn12.CSc1cc(C2CCCN(C(=O)OCc3ccccc3)C2)nc2c(C=O)cnn12. The van der Waals surface area contributed by atoms with E-state index in [9.17, 15) is 14.4 Å². The predicted molar refractivity (Wildman–Crippen MR) is 251 cm³/mol. The maximum absolute atomic E-state index is 12.8. The molecule has 3 aromatic carbocycles. The van der Waals surface area contributed by atoms with Gasteiger partial charge in [-0.3, -0.25) is 4.79 Å². The van der Waals surface area contributed by atoms with Crippen LogP contribution in [-0.2, 0) is 22.7 Å². The van der Waals surface area contributed by atoms with Crippen molar-refractivity contribution in [1.29, 1.82) is 0 Å². The zero-order valence-electron chi connectivity index (χ0n) is 35.9. The van der Waals surface area contributed by atoms with E-state index in [-0.39, 0.29) is 37.2 Å². The lowest BCUT2D eigenvalue weighted by Crippen LogP contribution is -2.39. The van der Waals surface area contributed by atoms with E-state index in [0.29, 0.717) is 37.4 Å². The molecule has 2 amide bonds. The molecule has 2 fully saturated rings. The highest BCUT2D eigenvalue weighted by Crippen LogP contribution is 2.32. The van der Waals surface area contributed by atoms with Gasteiger partial charge in [0.05, 0.1) is 29.3 Å². The van der Waals surface area contributed by atoms with E-state index in [1.165, 1.54) is 6.20 Å². The molecule has 0 spiro atoms. The van der Waals surface area contributed by atoms with Crippen molar-refractivity contribution in [3.8, 4) is 0 Å². The Labute approximate surface area is 380 Å². The molecule has 2 unspecified atom stereocenters. The van der Waals surface area contributed by atoms with Gasteiger partial charge in [-0.15, -0.1) is 23.5 Å². The van der Waals surface area contributed by atoms with Crippen LogP contribution in [0.5, 0.6) is 0 Å². The minimum absolute atomic E-state index is 0.0957. The number of piperidine rings is 2. The molecule has 0 aliphatic carbocycles. The average Bonchev–Trinajstić information content (AvgIpc) is 3.99. The predicted octanol–water partition coefficient (Wildman–Crippen LogP) is 9.92. The van der Waals surface area contributed by atoms with Gasteiger partial charge in [0, 0.05) is 43.6 Å². The minimum Gasteiger partial charge on any atom is -0.445 e. The highest BCUT2D eigenvalue weighted by atomic mass is 32.2. The van der Waals surface area contributed by atoms with Crippen LogP contribution in [0.1, 0.15) is 81.5 Å². The van der Waals surface area contributed by atoms with Gasteiger partial charge in [-0.25, -0.2) is 28.6 Å². The van der Waals surface area contributed by atoms with E-state index in [1.807, 2.05) is 113 Å². The van der Waals surface area contributed by atoms with Crippen molar-refractivity contribution in [1.82, 2.24) is 39.0 Å². The summed E-state index contributed by atoms with van der Waals surface area (Å²) in [5.41, 5.74) is 7.80. The standard InChI is InChI=1S/C28H28N4O2S.C21H22N4O3S/c1-35-26-17-25(30-27-23(18-29-32(26)27)15-14-21-9-4-2-5-10-21)24-13-8-16-31(19-24)28(33)34-20-22-11-6-3-7-12-22;1-29-19-10-18(23-20-17(13-26)11-22-25(19)20)16-8-5-9-24(12-16)21(27)28-14-15-6-3-2-4-7-15/h2-7,9-12,14-15,17-18,24H,8,13,16,19-20H2,1H3;2-4,6-7,10-11,13,16H,5,8-9,12,14H2,1H3/b15-14+;. The maximum Gasteiger partial charge on any atom is 0.410 e. The third kappa shape index (κ3) is 10.7. The van der Waals surface area contributed by atoms with Crippen molar-refractivity contribution in [2.45, 2.75) is 60.8 Å². The molecule has 2 aliphatic heterocycles. The van der Waals surface area contributed by atoms with E-state index in [1.54, 1.807) is 32.9 Å². The molecular weight excluding hydrogens is 845 g/mol. The quantitative estimate of drug-likeness (QED) is 0.0697. The van der Waals surface area contributed by atoms with Gasteiger partial charge in [0.25, 0.3) is 0 Å². The smallest absolute Gasteiger partial charge is 0.410 e. The number of hydrogen-bond acceptors (Lipinski definition) is 11. The number of carbonyl (C=O) groups excluding carboxylic acids is 3. The van der Waals surface area contributed by atoms with Gasteiger partial charge in [0.1, 0.15) is 23.3 Å². The van der Waals surface area contributed by atoms with Crippen LogP contribution in [0.15, 0.2) is 126 Å². The van der Waals surface area contributed by atoms with Crippen molar-refractivity contribution >= 4 is 65.4 Å². The Morgan fingerprint density at radius 3 is 1.56 bits per heavy atom. The van der Waals surface area contributed by atoms with Gasteiger partial charge in [0.2, 0.25) is 0 Å². The summed E-state index contributed by atoms with van der Waals surface area (Å²) in [4.78, 5) is 50.0. The van der Waals surface area contributed by atoms with Gasteiger partial charge in [-0.2, -0.15) is 10.2 Å². The van der Waals surface area contributed by atoms with Gasteiger partial charge >= 0.3 is 12.2 Å². The number of benzene rings is 3. The summed E-state index contributed by atoms with van der Waals surface area (Å²) in [6.45, 7) is 3.09. The summed E-state index contributed by atoms with van der Waals surface area (Å²) in [5.74, 6) is 0.253. The Morgan fingerprint density at radius 2 is 1.09 bits per heavy atom. The number of rotatable bonds is 11. The third-order valence-electron chi connectivity index (χ3n) is 11.4. The van der Waals surface area contributed by atoms with E-state index >= 15 is 0 Å². The van der Waals surface area contributed by atoms with E-state index in [0.717, 1.165) is 81.3 Å². The number of aldehydes is 1. The van der Waals surface area contributed by atoms with Crippen molar-refractivity contribution in [3.05, 3.63) is 155 Å². The molecule has 64 heavy (non-hydrogen) atoms. The van der Waals surface area contributed by atoms with Crippen molar-refractivity contribution in [2.24, 2.45) is 0 Å². The summed E-state index contributed by atoms with van der Waals surface area (Å²) in [6, 6.07) is 33.8. The van der Waals surface area contributed by atoms with Crippen LogP contribution in [0.25, 0.3) is 23.4 Å². The summed E-state index contributed by atoms with van der Waals surface area (Å²) < 4.78 is 14.7. The van der Waals surface area contributed by atoms with Crippen LogP contribution in [0.2, 0.25) is 0 Å². The minimum atomic E-state index is -0.303. The van der Waals surface area contributed by atoms with Gasteiger partial charge in [-0.1, -0.05) is 97.1 Å². The van der Waals surface area contributed by atoms with Gasteiger partial charge in [0.15, 0.2) is 17.6 Å². The molecule has 9 rings (SSSR count). The lowest BCUT2D eigenvalue weighted by atomic mass is 9.95. The molecular formula is C49H50N8O5S2. The maximum atomic E-state index is 12.8. The topological polar surface area (TPSA) is 137 Å². The second-order valence-electron chi connectivity index (χ2n) is 15.6. The molecule has 2 aliphatic rings. The summed E-state index contributed by atoms with van der Waals surface area (Å²) in [7, 11) is 0. The number of ether oxygens (including phenoxy) is 2. The highest BCUT2D eigenvalue weighted by Gasteiger charge is 2.29. The monoisotopic (exact) mass is 894 g/mol. The fourth-order valence-corrected chi connectivity index (χ4v) is 9.08. The van der Waals surface area contributed by atoms with Gasteiger partial charge in [-0.05, 0) is 73.1 Å². The molecule has 0 N–H and O–H groups in total. The molecule has 13 nitrogen and oxygen atoms in total. The first-order chi connectivity index (χ1) is 31.4. The molecule has 0 saturated carbocycles. The Balaban J connectivity index is 0.000000178. The number of likely N-dealkylation sites (tertiary alicyclic amines) is 2. The van der Waals surface area contributed by atoms with E-state index in [4.69, 9.17) is 19.4 Å². The molecule has 15 heteroatoms. The van der Waals surface area contributed by atoms with Crippen molar-refractivity contribution in [3.63, 3.8) is 0 Å². The molecule has 4 aromatic heterocycles. The fourth-order valence-electron chi connectivity index (χ4n) is 7.99. The molecule has 328 valence electrons. The Kier molecular flexibility index (Phi) is 14.7. The summed E-state index contributed by atoms with van der Waals surface area (Å²) in [5, 5.41) is 10.8. The van der Waals surface area contributed by atoms with Gasteiger partial charge < -0.3 is 19.3 Å². The number of nitrogens with zero attached hydrogens (tertiary/aromatic N) is 8. The molecule has 0 radical (unpaired) electrons. The van der Waals surface area contributed by atoms with E-state index < -0.39 is 0 Å². The van der Waals surface area contributed by atoms with Crippen LogP contribution in [0, 0.1) is 0 Å². The van der Waals surface area contributed by atoms with E-state index in [2.05, 4.69) is 40.5 Å². The fraction of sp³-hybridized carbons (Fsp3) is 0.286. The van der Waals surface area contributed by atoms with Crippen LogP contribution in [0.3, 0.4) is 0 Å². The molecule has 0 bridgehead atoms. The largest absolute Gasteiger partial charge is 0.445 e. The number of carbonyl (C=O) groups is 3. The zero-order valence-corrected chi connectivity index (χ0v) is 37.5. The zero-order chi connectivity index (χ0) is 44.3. The van der Waals surface area contributed by atoms with Crippen LogP contribution in [0.4, 0.5) is 9.59 Å². The normalized spacial score (nSPS) is 16.4. The number of aromatic nitrogens is 6. The van der Waals surface area contributed by atoms with Crippen molar-refractivity contribution in [2.75, 3.05) is 38.7 Å². The second kappa shape index (κ2) is 21.3. The second-order valence-corrected chi connectivity index (χ2v) is 17.3. The molecule has 2 atom stereocenters. The van der Waals surface area contributed by atoms with Crippen LogP contribution < -0.4 is 0 Å². The Bertz CT molecular complexity index is 2710. The number of fused-ring (bicyclic) bond motifs is 2. The first-order valence-electron chi connectivity index (χ1n) is 21.4. The Hall–Kier alpha value is -6.45. The van der Waals surface area contributed by atoms with Crippen LogP contribution >= 0.6 is 23.5 Å². The number of hydrogen-bond donors (Lipinski definition) is 0. The van der Waals surface area contributed by atoms with Crippen molar-refractivity contribution < 1.29 is 23.9 Å². The summed E-state index contributed by atoms with van der Waals surface area (Å²) in [6.07, 6.45) is 15.5. The Morgan fingerprint density at radius 1 is 0.641 bits per heavy atom.